The standard InChI is InChI=1S/C23H30ClN3O4S/c1-4-21(23(29)25-2)26(17-18-10-6-5-7-11-18)22(28)14-9-15-27(32(3,30)31)20-13-8-12-19(24)16-20/h5-8,10-13,16,21H,4,9,14-15,17H2,1-3H3,(H,25,29)/t21-/m0/s1. The third-order valence-corrected chi connectivity index (χ3v) is 6.51. The van der Waals surface area contributed by atoms with Crippen LogP contribution < -0.4 is 9.62 Å². The summed E-state index contributed by atoms with van der Waals surface area (Å²) in [5, 5.41) is 3.05. The van der Waals surface area contributed by atoms with E-state index in [0.29, 0.717) is 30.1 Å². The second-order valence-corrected chi connectivity index (χ2v) is 9.81. The van der Waals surface area contributed by atoms with Gasteiger partial charge in [-0.1, -0.05) is 54.9 Å². The highest BCUT2D eigenvalue weighted by molar-refractivity contribution is 7.92. The number of carbonyl (C=O) groups is 2. The molecule has 0 radical (unpaired) electrons. The average Bonchev–Trinajstić information content (AvgIpc) is 2.76. The number of sulfonamides is 1. The minimum atomic E-state index is -3.55. The number of hydrogen-bond donors (Lipinski definition) is 1. The molecule has 1 N–H and O–H groups in total. The molecule has 0 aliphatic heterocycles. The minimum absolute atomic E-state index is 0.104. The maximum Gasteiger partial charge on any atom is 0.242 e. The van der Waals surface area contributed by atoms with Gasteiger partial charge in [-0.05, 0) is 36.6 Å². The summed E-state index contributed by atoms with van der Waals surface area (Å²) >= 11 is 6.02. The second kappa shape index (κ2) is 11.9. The molecule has 0 saturated heterocycles. The van der Waals surface area contributed by atoms with Gasteiger partial charge in [0, 0.05) is 31.6 Å². The van der Waals surface area contributed by atoms with Crippen molar-refractivity contribution >= 4 is 39.1 Å². The molecule has 9 heteroatoms. The number of carbonyl (C=O) groups excluding carboxylic acids is 2. The highest BCUT2D eigenvalue weighted by atomic mass is 35.5. The van der Waals surface area contributed by atoms with Gasteiger partial charge >= 0.3 is 0 Å². The summed E-state index contributed by atoms with van der Waals surface area (Å²) in [6.07, 6.45) is 1.99. The molecule has 0 spiro atoms. The number of amides is 2. The highest BCUT2D eigenvalue weighted by Gasteiger charge is 2.28. The van der Waals surface area contributed by atoms with Gasteiger partial charge in [0.05, 0.1) is 11.9 Å². The third-order valence-electron chi connectivity index (χ3n) is 5.08. The summed E-state index contributed by atoms with van der Waals surface area (Å²) in [5.74, 6) is -0.433. The Labute approximate surface area is 195 Å². The predicted octanol–water partition coefficient (Wildman–Crippen LogP) is 3.44. The predicted molar refractivity (Wildman–Crippen MR) is 128 cm³/mol. The summed E-state index contributed by atoms with van der Waals surface area (Å²) in [5.41, 5.74) is 1.37. The number of anilines is 1. The van der Waals surface area contributed by atoms with E-state index in [1.165, 1.54) is 4.31 Å². The molecule has 1 atom stereocenters. The van der Waals surface area contributed by atoms with E-state index in [2.05, 4.69) is 5.32 Å². The van der Waals surface area contributed by atoms with Crippen LogP contribution in [-0.4, -0.2) is 51.0 Å². The van der Waals surface area contributed by atoms with Gasteiger partial charge in [-0.15, -0.1) is 0 Å². The van der Waals surface area contributed by atoms with Crippen LogP contribution in [0.3, 0.4) is 0 Å². The van der Waals surface area contributed by atoms with E-state index in [9.17, 15) is 18.0 Å². The van der Waals surface area contributed by atoms with Crippen molar-refractivity contribution in [2.45, 2.75) is 38.8 Å². The molecule has 2 aromatic rings. The summed E-state index contributed by atoms with van der Waals surface area (Å²) < 4.78 is 25.9. The third kappa shape index (κ3) is 7.24. The number of likely N-dealkylation sites (N-methyl/N-ethyl adjacent to an activating group) is 1. The molecule has 0 heterocycles. The smallest absolute Gasteiger partial charge is 0.242 e. The van der Waals surface area contributed by atoms with Gasteiger partial charge in [0.1, 0.15) is 6.04 Å². The van der Waals surface area contributed by atoms with Crippen molar-refractivity contribution in [3.63, 3.8) is 0 Å². The van der Waals surface area contributed by atoms with Crippen LogP contribution >= 0.6 is 11.6 Å². The second-order valence-electron chi connectivity index (χ2n) is 7.46. The van der Waals surface area contributed by atoms with Gasteiger partial charge in [-0.2, -0.15) is 0 Å². The molecule has 32 heavy (non-hydrogen) atoms. The molecule has 0 saturated carbocycles. The minimum Gasteiger partial charge on any atom is -0.357 e. The van der Waals surface area contributed by atoms with E-state index >= 15 is 0 Å². The molecule has 0 bridgehead atoms. The largest absolute Gasteiger partial charge is 0.357 e. The van der Waals surface area contributed by atoms with Crippen LogP contribution in [0.1, 0.15) is 31.7 Å². The molecule has 0 aliphatic carbocycles. The van der Waals surface area contributed by atoms with Crippen molar-refractivity contribution in [2.24, 2.45) is 0 Å². The Kier molecular flexibility index (Phi) is 9.53. The summed E-state index contributed by atoms with van der Waals surface area (Å²) in [6.45, 7) is 2.28. The van der Waals surface area contributed by atoms with Crippen molar-refractivity contribution in [3.05, 3.63) is 65.2 Å². The quantitative estimate of drug-likeness (QED) is 0.534. The Morgan fingerprint density at radius 2 is 1.78 bits per heavy atom. The molecular weight excluding hydrogens is 450 g/mol. The fourth-order valence-corrected chi connectivity index (χ4v) is 4.64. The van der Waals surface area contributed by atoms with Crippen LogP contribution in [0.2, 0.25) is 5.02 Å². The average molecular weight is 480 g/mol. The first kappa shape index (κ1) is 25.7. The van der Waals surface area contributed by atoms with Crippen LogP contribution in [0.15, 0.2) is 54.6 Å². The van der Waals surface area contributed by atoms with Crippen molar-refractivity contribution in [2.75, 3.05) is 24.2 Å². The molecule has 174 valence electrons. The van der Waals surface area contributed by atoms with Gasteiger partial charge in [0.15, 0.2) is 0 Å². The summed E-state index contributed by atoms with van der Waals surface area (Å²) in [6, 6.07) is 15.4. The van der Waals surface area contributed by atoms with Crippen LogP contribution in [-0.2, 0) is 26.2 Å². The molecule has 0 aromatic heterocycles. The summed E-state index contributed by atoms with van der Waals surface area (Å²) in [7, 11) is -2.01. The highest BCUT2D eigenvalue weighted by Crippen LogP contribution is 2.22. The number of nitrogens with one attached hydrogen (secondary N) is 1. The van der Waals surface area contributed by atoms with Gasteiger partial charge < -0.3 is 10.2 Å². The number of halogens is 1. The molecule has 2 amide bonds. The van der Waals surface area contributed by atoms with Crippen molar-refractivity contribution < 1.29 is 18.0 Å². The van der Waals surface area contributed by atoms with Crippen LogP contribution in [0.4, 0.5) is 5.69 Å². The Balaban J connectivity index is 2.16. The van der Waals surface area contributed by atoms with Crippen LogP contribution in [0.5, 0.6) is 0 Å². The fourth-order valence-electron chi connectivity index (χ4n) is 3.50. The fraction of sp³-hybridized carbons (Fsp3) is 0.391. The topological polar surface area (TPSA) is 86.8 Å². The molecule has 0 aliphatic rings. The number of nitrogens with zero attached hydrogens (tertiary/aromatic N) is 2. The SMILES string of the molecule is CC[C@@H](C(=O)NC)N(Cc1ccccc1)C(=O)CCCN(c1cccc(Cl)c1)S(C)(=O)=O. The zero-order valence-corrected chi connectivity index (χ0v) is 20.2. The Morgan fingerprint density at radius 3 is 2.34 bits per heavy atom. The first-order valence-corrected chi connectivity index (χ1v) is 12.7. The van der Waals surface area contributed by atoms with Crippen molar-refractivity contribution in [1.82, 2.24) is 10.2 Å². The molecule has 7 nitrogen and oxygen atoms in total. The van der Waals surface area contributed by atoms with Gasteiger partial charge in [0.25, 0.3) is 0 Å². The first-order chi connectivity index (χ1) is 15.2. The van der Waals surface area contributed by atoms with E-state index in [1.807, 2.05) is 37.3 Å². The van der Waals surface area contributed by atoms with Gasteiger partial charge in [0.2, 0.25) is 21.8 Å². The lowest BCUT2D eigenvalue weighted by atomic mass is 10.1. The maximum absolute atomic E-state index is 13.1. The molecule has 0 unspecified atom stereocenters. The molecular formula is C23H30ClN3O4S. The summed E-state index contributed by atoms with van der Waals surface area (Å²) in [4.78, 5) is 27.1. The van der Waals surface area contributed by atoms with Gasteiger partial charge in [-0.3, -0.25) is 13.9 Å². The first-order valence-electron chi connectivity index (χ1n) is 10.5. The zero-order valence-electron chi connectivity index (χ0n) is 18.6. The maximum atomic E-state index is 13.1. The van der Waals surface area contributed by atoms with Crippen molar-refractivity contribution in [1.29, 1.82) is 0 Å². The van der Waals surface area contributed by atoms with E-state index in [4.69, 9.17) is 11.6 Å². The molecule has 0 fully saturated rings. The van der Waals surface area contributed by atoms with E-state index < -0.39 is 16.1 Å². The van der Waals surface area contributed by atoms with Crippen LogP contribution in [0.25, 0.3) is 0 Å². The van der Waals surface area contributed by atoms with Gasteiger partial charge in [-0.25, -0.2) is 8.42 Å². The lowest BCUT2D eigenvalue weighted by molar-refractivity contribution is -0.141. The normalized spacial score (nSPS) is 12.1. The Bertz CT molecular complexity index is 1010. The van der Waals surface area contributed by atoms with Crippen molar-refractivity contribution in [3.8, 4) is 0 Å². The number of benzene rings is 2. The lowest BCUT2D eigenvalue weighted by Crippen LogP contribution is -2.48. The zero-order chi connectivity index (χ0) is 23.7. The Hall–Kier alpha value is -2.58. The molecule has 2 aromatic carbocycles. The number of rotatable bonds is 11. The van der Waals surface area contributed by atoms with Crippen LogP contribution in [0, 0.1) is 0 Å². The lowest BCUT2D eigenvalue weighted by Gasteiger charge is -2.30. The monoisotopic (exact) mass is 479 g/mol. The Morgan fingerprint density at radius 1 is 1.09 bits per heavy atom. The molecule has 2 rings (SSSR count). The van der Waals surface area contributed by atoms with E-state index in [-0.39, 0.29) is 24.8 Å². The number of hydrogen-bond acceptors (Lipinski definition) is 4. The van der Waals surface area contributed by atoms with E-state index in [1.54, 1.807) is 36.2 Å². The van der Waals surface area contributed by atoms with E-state index in [0.717, 1.165) is 11.8 Å².